The molecule has 2 nitrogen and oxygen atoms in total. The molecule has 1 saturated heterocycles. The molecule has 1 fully saturated rings. The average molecular weight is 265 g/mol. The molecular weight excluding hydrogens is 250 g/mol. The van der Waals surface area contributed by atoms with Gasteiger partial charge in [0.2, 0.25) is 0 Å². The average Bonchev–Trinajstić information content (AvgIpc) is 2.81. The minimum absolute atomic E-state index is 0.544. The van der Waals surface area contributed by atoms with Gasteiger partial charge >= 0.3 is 0 Å². The van der Waals surface area contributed by atoms with Gasteiger partial charge in [-0.1, -0.05) is 19.1 Å². The van der Waals surface area contributed by atoms with E-state index >= 15 is 0 Å². The van der Waals surface area contributed by atoms with Crippen LogP contribution >= 0.6 is 23.1 Å². The first-order chi connectivity index (χ1) is 8.15. The molecule has 4 heteroatoms. The molecular formula is C13H15NOS2. The van der Waals surface area contributed by atoms with Gasteiger partial charge in [0.05, 0.1) is 20.8 Å². The third-order valence-corrected chi connectivity index (χ3v) is 5.60. The Morgan fingerprint density at radius 3 is 3.00 bits per heavy atom. The van der Waals surface area contributed by atoms with Crippen LogP contribution in [0.1, 0.15) is 18.4 Å². The van der Waals surface area contributed by atoms with Gasteiger partial charge in [-0.05, 0) is 18.6 Å². The summed E-state index contributed by atoms with van der Waals surface area (Å²) in [7, 11) is 0. The Balaban J connectivity index is 1.85. The van der Waals surface area contributed by atoms with Crippen LogP contribution in [0, 0.1) is 0 Å². The van der Waals surface area contributed by atoms with Gasteiger partial charge in [0.25, 0.3) is 0 Å². The smallest absolute Gasteiger partial charge is 0.0967 e. The SMILES string of the molecule is CC1CC(O)(Cc2nc3ccccc3s2)CS1. The lowest BCUT2D eigenvalue weighted by Crippen LogP contribution is -2.31. The highest BCUT2D eigenvalue weighted by Gasteiger charge is 2.36. The number of thiazole rings is 1. The van der Waals surface area contributed by atoms with E-state index in [1.807, 2.05) is 30.0 Å². The highest BCUT2D eigenvalue weighted by Crippen LogP contribution is 2.37. The van der Waals surface area contributed by atoms with E-state index in [1.165, 1.54) is 4.70 Å². The van der Waals surface area contributed by atoms with Gasteiger partial charge in [-0.2, -0.15) is 11.8 Å². The number of hydrogen-bond donors (Lipinski definition) is 1. The molecule has 0 spiro atoms. The molecule has 1 aliphatic rings. The maximum atomic E-state index is 10.5. The standard InChI is InChI=1S/C13H15NOS2/c1-9-6-13(15,8-16-9)7-12-14-10-4-2-3-5-11(10)17-12/h2-5,9,15H,6-8H2,1H3. The number of fused-ring (bicyclic) bond motifs is 1. The van der Waals surface area contributed by atoms with Crippen molar-refractivity contribution in [3.05, 3.63) is 29.3 Å². The lowest BCUT2D eigenvalue weighted by Gasteiger charge is -2.19. The summed E-state index contributed by atoms with van der Waals surface area (Å²) in [5, 5.41) is 12.1. The second-order valence-corrected chi connectivity index (χ2v) is 7.34. The summed E-state index contributed by atoms with van der Waals surface area (Å²) < 4.78 is 1.21. The van der Waals surface area contributed by atoms with Crippen molar-refractivity contribution in [2.45, 2.75) is 30.6 Å². The van der Waals surface area contributed by atoms with Crippen LogP contribution in [0.4, 0.5) is 0 Å². The van der Waals surface area contributed by atoms with E-state index in [2.05, 4.69) is 18.0 Å². The normalized spacial score (nSPS) is 28.9. The van der Waals surface area contributed by atoms with E-state index in [9.17, 15) is 5.11 Å². The Hall–Kier alpha value is -0.580. The van der Waals surface area contributed by atoms with Gasteiger partial charge in [-0.25, -0.2) is 4.98 Å². The fourth-order valence-electron chi connectivity index (χ4n) is 2.35. The molecule has 2 unspecified atom stereocenters. The lowest BCUT2D eigenvalue weighted by atomic mass is 9.97. The number of hydrogen-bond acceptors (Lipinski definition) is 4. The minimum atomic E-state index is -0.544. The molecule has 1 aromatic heterocycles. The van der Waals surface area contributed by atoms with Crippen LogP contribution in [0.3, 0.4) is 0 Å². The minimum Gasteiger partial charge on any atom is -0.389 e. The number of para-hydroxylation sites is 1. The Bertz CT molecular complexity index is 506. The van der Waals surface area contributed by atoms with Gasteiger partial charge in [-0.3, -0.25) is 0 Å². The van der Waals surface area contributed by atoms with E-state index in [4.69, 9.17) is 0 Å². The van der Waals surface area contributed by atoms with Crippen LogP contribution in [0.5, 0.6) is 0 Å². The van der Waals surface area contributed by atoms with Crippen molar-refractivity contribution in [2.24, 2.45) is 0 Å². The quantitative estimate of drug-likeness (QED) is 0.906. The topological polar surface area (TPSA) is 33.1 Å². The molecule has 3 rings (SSSR count). The van der Waals surface area contributed by atoms with Crippen molar-refractivity contribution in [1.82, 2.24) is 4.98 Å². The van der Waals surface area contributed by atoms with Gasteiger partial charge in [0.1, 0.15) is 0 Å². The zero-order valence-electron chi connectivity index (χ0n) is 9.72. The van der Waals surface area contributed by atoms with Crippen molar-refractivity contribution in [3.63, 3.8) is 0 Å². The monoisotopic (exact) mass is 265 g/mol. The van der Waals surface area contributed by atoms with Crippen molar-refractivity contribution in [3.8, 4) is 0 Å². The lowest BCUT2D eigenvalue weighted by molar-refractivity contribution is 0.0642. The van der Waals surface area contributed by atoms with Crippen molar-refractivity contribution < 1.29 is 5.11 Å². The second-order valence-electron chi connectivity index (χ2n) is 4.80. The van der Waals surface area contributed by atoms with E-state index in [1.54, 1.807) is 11.3 Å². The molecule has 17 heavy (non-hydrogen) atoms. The zero-order chi connectivity index (χ0) is 11.9. The fourth-order valence-corrected chi connectivity index (χ4v) is 4.70. The number of benzene rings is 1. The van der Waals surface area contributed by atoms with Gasteiger partial charge < -0.3 is 5.11 Å². The highest BCUT2D eigenvalue weighted by atomic mass is 32.2. The second kappa shape index (κ2) is 4.26. The first-order valence-electron chi connectivity index (χ1n) is 5.83. The summed E-state index contributed by atoms with van der Waals surface area (Å²) >= 11 is 3.56. The molecule has 0 saturated carbocycles. The van der Waals surface area contributed by atoms with E-state index in [0.717, 1.165) is 22.7 Å². The molecule has 1 N–H and O–H groups in total. The third kappa shape index (κ3) is 2.34. The summed E-state index contributed by atoms with van der Waals surface area (Å²) in [6, 6.07) is 8.17. The molecule has 1 aliphatic heterocycles. The summed E-state index contributed by atoms with van der Waals surface area (Å²) in [5.74, 6) is 0.837. The Morgan fingerprint density at radius 1 is 1.47 bits per heavy atom. The molecule has 0 bridgehead atoms. The van der Waals surface area contributed by atoms with Crippen LogP contribution in [0.2, 0.25) is 0 Å². The Labute approximate surface area is 109 Å². The molecule has 0 radical (unpaired) electrons. The summed E-state index contributed by atoms with van der Waals surface area (Å²) in [5.41, 5.74) is 0.507. The zero-order valence-corrected chi connectivity index (χ0v) is 11.4. The van der Waals surface area contributed by atoms with Crippen molar-refractivity contribution in [2.75, 3.05) is 5.75 Å². The van der Waals surface area contributed by atoms with Crippen LogP contribution < -0.4 is 0 Å². The number of nitrogens with zero attached hydrogens (tertiary/aromatic N) is 1. The maximum absolute atomic E-state index is 10.5. The maximum Gasteiger partial charge on any atom is 0.0967 e. The summed E-state index contributed by atoms with van der Waals surface area (Å²) in [4.78, 5) is 4.60. The highest BCUT2D eigenvalue weighted by molar-refractivity contribution is 8.00. The Kier molecular flexibility index (Phi) is 2.89. The van der Waals surface area contributed by atoms with Crippen molar-refractivity contribution in [1.29, 1.82) is 0 Å². The molecule has 1 aromatic carbocycles. The molecule has 90 valence electrons. The number of thioether (sulfide) groups is 1. The van der Waals surface area contributed by atoms with E-state index in [0.29, 0.717) is 11.7 Å². The van der Waals surface area contributed by atoms with Crippen LogP contribution in [-0.4, -0.2) is 26.7 Å². The van der Waals surface area contributed by atoms with E-state index < -0.39 is 5.60 Å². The fraction of sp³-hybridized carbons (Fsp3) is 0.462. The van der Waals surface area contributed by atoms with E-state index in [-0.39, 0.29) is 0 Å². The summed E-state index contributed by atoms with van der Waals surface area (Å²) in [6.07, 6.45) is 1.58. The molecule has 0 aliphatic carbocycles. The number of aromatic nitrogens is 1. The number of rotatable bonds is 2. The van der Waals surface area contributed by atoms with Crippen LogP contribution in [0.15, 0.2) is 24.3 Å². The first-order valence-corrected chi connectivity index (χ1v) is 7.70. The molecule has 0 amide bonds. The molecule has 2 heterocycles. The van der Waals surface area contributed by atoms with Gasteiger partial charge in [0.15, 0.2) is 0 Å². The number of aliphatic hydroxyl groups is 1. The molecule has 2 aromatic rings. The largest absolute Gasteiger partial charge is 0.389 e. The van der Waals surface area contributed by atoms with Crippen LogP contribution in [0.25, 0.3) is 10.2 Å². The summed E-state index contributed by atoms with van der Waals surface area (Å²) in [6.45, 7) is 2.18. The Morgan fingerprint density at radius 2 is 2.29 bits per heavy atom. The van der Waals surface area contributed by atoms with Crippen molar-refractivity contribution >= 4 is 33.3 Å². The van der Waals surface area contributed by atoms with Crippen LogP contribution in [-0.2, 0) is 6.42 Å². The molecule has 2 atom stereocenters. The predicted octanol–water partition coefficient (Wildman–Crippen LogP) is 3.10. The van der Waals surface area contributed by atoms with Gasteiger partial charge in [-0.15, -0.1) is 11.3 Å². The third-order valence-electron chi connectivity index (χ3n) is 3.12. The van der Waals surface area contributed by atoms with Gasteiger partial charge in [0, 0.05) is 17.4 Å². The predicted molar refractivity (Wildman–Crippen MR) is 74.8 cm³/mol. The first kappa shape index (κ1) is 11.5.